The Morgan fingerprint density at radius 3 is 3.00 bits per heavy atom. The van der Waals surface area contributed by atoms with Gasteiger partial charge in [-0.15, -0.1) is 0 Å². The van der Waals surface area contributed by atoms with Gasteiger partial charge in [0.15, 0.2) is 0 Å². The number of rotatable bonds is 6. The van der Waals surface area contributed by atoms with Gasteiger partial charge >= 0.3 is 0 Å². The van der Waals surface area contributed by atoms with Crippen molar-refractivity contribution in [2.75, 3.05) is 19.8 Å². The summed E-state index contributed by atoms with van der Waals surface area (Å²) in [6, 6.07) is 14.1. The summed E-state index contributed by atoms with van der Waals surface area (Å²) in [7, 11) is 0. The largest absolute Gasteiger partial charge is 0.494 e. The van der Waals surface area contributed by atoms with Crippen LogP contribution in [0.15, 0.2) is 65.5 Å². The summed E-state index contributed by atoms with van der Waals surface area (Å²) in [4.78, 5) is 2.29. The fourth-order valence-corrected chi connectivity index (χ4v) is 3.20. The molecule has 1 saturated heterocycles. The summed E-state index contributed by atoms with van der Waals surface area (Å²) in [5.74, 6) is 1.84. The smallest absolute Gasteiger partial charge is 0.138 e. The van der Waals surface area contributed by atoms with Crippen molar-refractivity contribution in [2.24, 2.45) is 0 Å². The number of furan rings is 1. The molecule has 1 aliphatic heterocycles. The van der Waals surface area contributed by atoms with Crippen molar-refractivity contribution >= 4 is 0 Å². The van der Waals surface area contributed by atoms with Gasteiger partial charge in [-0.1, -0.05) is 6.07 Å². The molecule has 0 unspecified atom stereocenters. The van der Waals surface area contributed by atoms with Crippen molar-refractivity contribution in [1.82, 2.24) is 9.47 Å². The molecule has 5 nitrogen and oxygen atoms in total. The fourth-order valence-electron chi connectivity index (χ4n) is 3.20. The molecular formula is C20H22N2O3. The first-order valence-electron chi connectivity index (χ1n) is 8.62. The highest BCUT2D eigenvalue weighted by Crippen LogP contribution is 2.30. The van der Waals surface area contributed by atoms with E-state index in [9.17, 15) is 0 Å². The molecule has 1 atom stereocenters. The van der Waals surface area contributed by atoms with Gasteiger partial charge in [-0.25, -0.2) is 0 Å². The Labute approximate surface area is 147 Å². The van der Waals surface area contributed by atoms with Crippen LogP contribution in [0.3, 0.4) is 0 Å². The summed E-state index contributed by atoms with van der Waals surface area (Å²) >= 11 is 0. The first-order valence-corrected chi connectivity index (χ1v) is 8.62. The molecule has 1 aliphatic rings. The molecule has 4 rings (SSSR count). The van der Waals surface area contributed by atoms with Gasteiger partial charge in [0.2, 0.25) is 0 Å². The summed E-state index contributed by atoms with van der Waals surface area (Å²) in [6.45, 7) is 5.04. The molecule has 130 valence electrons. The molecule has 0 spiro atoms. The Morgan fingerprint density at radius 2 is 2.16 bits per heavy atom. The highest BCUT2D eigenvalue weighted by molar-refractivity contribution is 5.40. The highest BCUT2D eigenvalue weighted by Gasteiger charge is 2.28. The second-order valence-corrected chi connectivity index (χ2v) is 6.06. The van der Waals surface area contributed by atoms with Crippen molar-refractivity contribution in [2.45, 2.75) is 19.7 Å². The van der Waals surface area contributed by atoms with Crippen LogP contribution in [0.1, 0.15) is 24.5 Å². The maximum atomic E-state index is 5.96. The molecule has 0 amide bonds. The lowest BCUT2D eigenvalue weighted by molar-refractivity contribution is 0.0258. The van der Waals surface area contributed by atoms with Crippen LogP contribution < -0.4 is 4.74 Å². The average Bonchev–Trinajstić information content (AvgIpc) is 3.37. The normalized spacial score (nSPS) is 17.9. The number of ether oxygens (including phenoxy) is 2. The number of aromatic nitrogens is 1. The summed E-state index contributed by atoms with van der Waals surface area (Å²) in [5.41, 5.74) is 2.22. The summed E-state index contributed by atoms with van der Waals surface area (Å²) in [6.07, 6.45) is 5.85. The third-order valence-electron chi connectivity index (χ3n) is 4.35. The Balaban J connectivity index is 1.53. The SMILES string of the molecule is CCOc1cccc(-n2ccc([C@@H]3OCCN3Cc3ccco3)c2)c1. The molecule has 3 heterocycles. The standard InChI is InChI=1S/C20H22N2O3/c1-2-23-18-6-3-5-17(13-18)21-9-8-16(14-21)20-22(10-12-25-20)15-19-7-4-11-24-19/h3-9,11,13-14,20H,2,10,12,15H2,1H3/t20-/m0/s1. The van der Waals surface area contributed by atoms with Gasteiger partial charge in [0.1, 0.15) is 17.7 Å². The van der Waals surface area contributed by atoms with E-state index in [0.717, 1.165) is 42.5 Å². The molecule has 0 aliphatic carbocycles. The number of hydrogen-bond acceptors (Lipinski definition) is 4. The minimum absolute atomic E-state index is 0.0403. The van der Waals surface area contributed by atoms with Gasteiger partial charge in [-0.2, -0.15) is 0 Å². The van der Waals surface area contributed by atoms with Crippen LogP contribution in [-0.2, 0) is 11.3 Å². The van der Waals surface area contributed by atoms with Crippen molar-refractivity contribution in [1.29, 1.82) is 0 Å². The quantitative estimate of drug-likeness (QED) is 0.681. The van der Waals surface area contributed by atoms with Crippen LogP contribution >= 0.6 is 0 Å². The highest BCUT2D eigenvalue weighted by atomic mass is 16.5. The van der Waals surface area contributed by atoms with Gasteiger partial charge in [0.25, 0.3) is 0 Å². The Hall–Kier alpha value is -2.50. The Morgan fingerprint density at radius 1 is 1.20 bits per heavy atom. The van der Waals surface area contributed by atoms with E-state index in [-0.39, 0.29) is 6.23 Å². The first-order chi connectivity index (χ1) is 12.3. The van der Waals surface area contributed by atoms with Crippen LogP contribution in [0.4, 0.5) is 0 Å². The van der Waals surface area contributed by atoms with E-state index in [1.807, 2.05) is 37.3 Å². The van der Waals surface area contributed by atoms with Crippen LogP contribution in [0, 0.1) is 0 Å². The predicted octanol–water partition coefficient (Wildman–Crippen LogP) is 4.00. The molecule has 25 heavy (non-hydrogen) atoms. The van der Waals surface area contributed by atoms with Gasteiger partial charge in [0.05, 0.1) is 26.0 Å². The molecule has 5 heteroatoms. The second-order valence-electron chi connectivity index (χ2n) is 6.06. The molecule has 0 N–H and O–H groups in total. The van der Waals surface area contributed by atoms with Gasteiger partial charge in [0, 0.05) is 36.3 Å². The van der Waals surface area contributed by atoms with Crippen molar-refractivity contribution in [3.63, 3.8) is 0 Å². The molecular weight excluding hydrogens is 316 g/mol. The zero-order valence-corrected chi connectivity index (χ0v) is 14.3. The molecule has 0 saturated carbocycles. The van der Waals surface area contributed by atoms with Gasteiger partial charge < -0.3 is 18.5 Å². The third-order valence-corrected chi connectivity index (χ3v) is 4.35. The molecule has 1 aromatic carbocycles. The minimum atomic E-state index is -0.0403. The van der Waals surface area contributed by atoms with Gasteiger partial charge in [-0.3, -0.25) is 4.90 Å². The number of benzene rings is 1. The zero-order valence-electron chi connectivity index (χ0n) is 14.3. The molecule has 0 bridgehead atoms. The fraction of sp³-hybridized carbons (Fsp3) is 0.300. The third kappa shape index (κ3) is 3.48. The monoisotopic (exact) mass is 338 g/mol. The summed E-state index contributed by atoms with van der Waals surface area (Å²) < 4.78 is 19.1. The Kier molecular flexibility index (Phi) is 4.59. The molecule has 1 fully saturated rings. The van der Waals surface area contributed by atoms with Crippen LogP contribution in [0.5, 0.6) is 5.75 Å². The van der Waals surface area contributed by atoms with Crippen molar-refractivity contribution in [3.8, 4) is 11.4 Å². The maximum absolute atomic E-state index is 5.96. The maximum Gasteiger partial charge on any atom is 0.138 e. The summed E-state index contributed by atoms with van der Waals surface area (Å²) in [5, 5.41) is 0. The van der Waals surface area contributed by atoms with E-state index >= 15 is 0 Å². The molecule has 2 aromatic heterocycles. The van der Waals surface area contributed by atoms with Crippen LogP contribution in [-0.4, -0.2) is 29.2 Å². The van der Waals surface area contributed by atoms with Crippen LogP contribution in [0.25, 0.3) is 5.69 Å². The lowest BCUT2D eigenvalue weighted by Gasteiger charge is -2.21. The average molecular weight is 338 g/mol. The van der Waals surface area contributed by atoms with E-state index in [2.05, 4.69) is 34.0 Å². The molecule has 0 radical (unpaired) electrons. The van der Waals surface area contributed by atoms with E-state index in [1.165, 1.54) is 0 Å². The van der Waals surface area contributed by atoms with Crippen molar-refractivity contribution in [3.05, 3.63) is 72.4 Å². The number of nitrogens with zero attached hydrogens (tertiary/aromatic N) is 2. The molecule has 3 aromatic rings. The second kappa shape index (κ2) is 7.17. The Bertz CT molecular complexity index is 810. The van der Waals surface area contributed by atoms with E-state index in [1.54, 1.807) is 6.26 Å². The predicted molar refractivity (Wildman–Crippen MR) is 94.7 cm³/mol. The minimum Gasteiger partial charge on any atom is -0.494 e. The topological polar surface area (TPSA) is 39.8 Å². The zero-order chi connectivity index (χ0) is 17.1. The van der Waals surface area contributed by atoms with E-state index < -0.39 is 0 Å². The van der Waals surface area contributed by atoms with E-state index in [4.69, 9.17) is 13.9 Å². The van der Waals surface area contributed by atoms with Crippen molar-refractivity contribution < 1.29 is 13.9 Å². The lowest BCUT2D eigenvalue weighted by Crippen LogP contribution is -2.22. The lowest BCUT2D eigenvalue weighted by atomic mass is 10.2. The number of hydrogen-bond donors (Lipinski definition) is 0. The first kappa shape index (κ1) is 16.0. The van der Waals surface area contributed by atoms with E-state index in [0.29, 0.717) is 6.61 Å². The van der Waals surface area contributed by atoms with Crippen LogP contribution in [0.2, 0.25) is 0 Å². The van der Waals surface area contributed by atoms with Gasteiger partial charge in [-0.05, 0) is 37.3 Å².